The quantitative estimate of drug-likeness (QED) is 0.257. The van der Waals surface area contributed by atoms with Crippen LogP contribution in [0.5, 0.6) is 0 Å². The first-order valence-corrected chi connectivity index (χ1v) is 21.5. The molecule has 0 aromatic carbocycles. The van der Waals surface area contributed by atoms with Gasteiger partial charge in [-0.2, -0.15) is 0 Å². The molecule has 0 atom stereocenters. The maximum Gasteiger partial charge on any atom is 2.00 e. The molecule has 0 nitrogen and oxygen atoms in total. The third kappa shape index (κ3) is 12.5. The van der Waals surface area contributed by atoms with Crippen LogP contribution in [0.1, 0.15) is 193 Å². The van der Waals surface area contributed by atoms with Crippen molar-refractivity contribution in [3.05, 3.63) is 0 Å². The molecule has 0 aromatic heterocycles. The molecule has 6 saturated carbocycles. The van der Waals surface area contributed by atoms with Crippen LogP contribution in [0, 0.1) is 0 Å². The molecule has 0 spiro atoms. The van der Waals surface area contributed by atoms with Crippen molar-refractivity contribution in [1.82, 2.24) is 0 Å². The molecule has 41 heavy (non-hydrogen) atoms. The molecule has 6 aliphatic carbocycles. The summed E-state index contributed by atoms with van der Waals surface area (Å²) >= 11 is 0. The van der Waals surface area contributed by atoms with Crippen molar-refractivity contribution in [2.24, 2.45) is 0 Å². The second-order valence-electron chi connectivity index (χ2n) is 14.6. The molecule has 6 fully saturated rings. The van der Waals surface area contributed by atoms with Gasteiger partial charge in [0.25, 0.3) is 0 Å². The zero-order chi connectivity index (χ0) is 25.8. The molecule has 0 amide bonds. The Labute approximate surface area is 291 Å². The van der Waals surface area contributed by atoms with Crippen LogP contribution in [0.3, 0.4) is 0 Å². The second kappa shape index (κ2) is 22.8. The Balaban J connectivity index is 0.000000267. The monoisotopic (exact) mass is 777 g/mol. The molecule has 6 rings (SSSR count). The average Bonchev–Trinajstić information content (AvgIpc) is 3.01. The summed E-state index contributed by atoms with van der Waals surface area (Å²) in [6, 6.07) is 0. The van der Waals surface area contributed by atoms with Crippen molar-refractivity contribution >= 4 is 15.8 Å². The molecular formula is C36H66Br2CoP2. The molecule has 0 aromatic rings. The Morgan fingerprint density at radius 2 is 0.341 bits per heavy atom. The van der Waals surface area contributed by atoms with Gasteiger partial charge in [0.1, 0.15) is 0 Å². The van der Waals surface area contributed by atoms with E-state index >= 15 is 0 Å². The molecule has 1 radical (unpaired) electrons. The molecule has 0 N–H and O–H groups in total. The van der Waals surface area contributed by atoms with Crippen molar-refractivity contribution in [3.8, 4) is 0 Å². The van der Waals surface area contributed by atoms with Gasteiger partial charge in [-0.15, -0.1) is 0 Å². The van der Waals surface area contributed by atoms with E-state index in [9.17, 15) is 0 Å². The molecule has 0 aliphatic heterocycles. The fraction of sp³-hybridized carbons (Fsp3) is 1.00. The Bertz CT molecular complexity index is 475. The van der Waals surface area contributed by atoms with E-state index in [0.29, 0.717) is 15.8 Å². The van der Waals surface area contributed by atoms with Crippen molar-refractivity contribution in [1.29, 1.82) is 0 Å². The number of rotatable bonds is 6. The van der Waals surface area contributed by atoms with E-state index in [1.54, 1.807) is 154 Å². The van der Waals surface area contributed by atoms with Gasteiger partial charge >= 0.3 is 16.8 Å². The van der Waals surface area contributed by atoms with E-state index in [1.165, 1.54) is 72.5 Å². The smallest absolute Gasteiger partial charge is 1.00 e. The van der Waals surface area contributed by atoms with Crippen molar-refractivity contribution < 1.29 is 50.7 Å². The van der Waals surface area contributed by atoms with Crippen LogP contribution in [0.4, 0.5) is 0 Å². The van der Waals surface area contributed by atoms with Gasteiger partial charge in [0, 0.05) is 0 Å². The molecular weight excluding hydrogens is 713 g/mol. The number of hydrogen-bond acceptors (Lipinski definition) is 0. The summed E-state index contributed by atoms with van der Waals surface area (Å²) in [6.45, 7) is 0. The van der Waals surface area contributed by atoms with Gasteiger partial charge < -0.3 is 34.0 Å². The van der Waals surface area contributed by atoms with Gasteiger partial charge in [-0.05, 0) is 111 Å². The summed E-state index contributed by atoms with van der Waals surface area (Å²) in [5.41, 5.74) is 7.14. The van der Waals surface area contributed by atoms with E-state index in [-0.39, 0.29) is 50.7 Å². The molecule has 243 valence electrons. The van der Waals surface area contributed by atoms with Crippen LogP contribution in [0.25, 0.3) is 0 Å². The Morgan fingerprint density at radius 1 is 0.220 bits per heavy atom. The minimum atomic E-state index is 0. The first-order chi connectivity index (χ1) is 18.9. The number of hydrogen-bond donors (Lipinski definition) is 0. The van der Waals surface area contributed by atoms with Crippen molar-refractivity contribution in [2.45, 2.75) is 227 Å². The summed E-state index contributed by atoms with van der Waals surface area (Å²) in [7, 11) is 0.770. The fourth-order valence-corrected chi connectivity index (χ4v) is 19.4. The van der Waals surface area contributed by atoms with E-state index in [0.717, 1.165) is 0 Å². The molecule has 0 unspecified atom stereocenters. The first-order valence-electron chi connectivity index (χ1n) is 18.4. The predicted molar refractivity (Wildman–Crippen MR) is 175 cm³/mol. The van der Waals surface area contributed by atoms with Crippen LogP contribution in [0.2, 0.25) is 0 Å². The summed E-state index contributed by atoms with van der Waals surface area (Å²) in [5, 5.41) is 0. The Kier molecular flexibility index (Phi) is 22.0. The van der Waals surface area contributed by atoms with Gasteiger partial charge in [0.05, 0.1) is 0 Å². The van der Waals surface area contributed by atoms with Crippen LogP contribution in [-0.2, 0) is 16.8 Å². The Hall–Kier alpha value is 2.33. The Morgan fingerprint density at radius 3 is 0.463 bits per heavy atom. The SMILES string of the molecule is C1CCC(P(C2CCCCC2)C2CCCCC2)CC1.C1CCC(P(C2CCCCC2)C2CCCCC2)CC1.[Br-].[Br-].[Co+2]. The third-order valence-electron chi connectivity index (χ3n) is 12.0. The fourth-order valence-electron chi connectivity index (χ4n) is 10.1. The minimum absolute atomic E-state index is 0. The summed E-state index contributed by atoms with van der Waals surface area (Å²) < 4.78 is 0. The maximum absolute atomic E-state index is 1.61. The molecule has 0 heterocycles. The van der Waals surface area contributed by atoms with Crippen molar-refractivity contribution in [3.63, 3.8) is 0 Å². The van der Waals surface area contributed by atoms with Gasteiger partial charge in [-0.25, -0.2) is 0 Å². The molecule has 0 bridgehead atoms. The standard InChI is InChI=1S/2C18H33P.2BrH.Co/c2*1-4-10-16(11-5-1)19(17-12-6-2-7-13-17)18-14-8-3-9-15-18;;;/h2*16-18H,1-15H2;2*1H;/q;;;;+2/p-2. The zero-order valence-electron chi connectivity index (χ0n) is 26.7. The van der Waals surface area contributed by atoms with E-state index in [4.69, 9.17) is 0 Å². The van der Waals surface area contributed by atoms with E-state index < -0.39 is 0 Å². The minimum Gasteiger partial charge on any atom is -1.00 e. The summed E-state index contributed by atoms with van der Waals surface area (Å²) in [5.74, 6) is 0. The van der Waals surface area contributed by atoms with Crippen LogP contribution in [0.15, 0.2) is 0 Å². The average molecular weight is 780 g/mol. The third-order valence-corrected chi connectivity index (χ3v) is 20.1. The normalized spacial score (nSPS) is 26.8. The zero-order valence-corrected chi connectivity index (χ0v) is 32.7. The summed E-state index contributed by atoms with van der Waals surface area (Å²) in [4.78, 5) is 0. The van der Waals surface area contributed by atoms with Crippen LogP contribution < -0.4 is 34.0 Å². The largest absolute Gasteiger partial charge is 2.00 e. The van der Waals surface area contributed by atoms with Gasteiger partial charge in [0.15, 0.2) is 0 Å². The van der Waals surface area contributed by atoms with Gasteiger partial charge in [-0.3, -0.25) is 0 Å². The second-order valence-corrected chi connectivity index (χ2v) is 20.8. The van der Waals surface area contributed by atoms with Gasteiger partial charge in [0.2, 0.25) is 0 Å². The van der Waals surface area contributed by atoms with Gasteiger partial charge in [-0.1, -0.05) is 131 Å². The maximum atomic E-state index is 1.61. The summed E-state index contributed by atoms with van der Waals surface area (Å²) in [6.07, 6.45) is 47.2. The van der Waals surface area contributed by atoms with Crippen molar-refractivity contribution in [2.75, 3.05) is 0 Å². The van der Waals surface area contributed by atoms with E-state index in [1.807, 2.05) is 0 Å². The van der Waals surface area contributed by atoms with E-state index in [2.05, 4.69) is 0 Å². The molecule has 5 heteroatoms. The van der Waals surface area contributed by atoms with Crippen LogP contribution in [-0.4, -0.2) is 34.0 Å². The first kappa shape index (κ1) is 39.5. The topological polar surface area (TPSA) is 0 Å². The number of halogens is 2. The molecule has 0 saturated heterocycles. The predicted octanol–water partition coefficient (Wildman–Crippen LogP) is 6.94. The van der Waals surface area contributed by atoms with Crippen LogP contribution >= 0.6 is 15.8 Å². The molecule has 6 aliphatic rings.